The molecule has 0 spiro atoms. The van der Waals surface area contributed by atoms with Gasteiger partial charge in [-0.15, -0.1) is 11.8 Å². The molecule has 2 atom stereocenters. The minimum absolute atomic E-state index is 0.423. The van der Waals surface area contributed by atoms with Crippen LogP contribution in [-0.4, -0.2) is 37.4 Å². The topological polar surface area (TPSA) is 73.9 Å². The molecule has 0 unspecified atom stereocenters. The predicted molar refractivity (Wildman–Crippen MR) is 110 cm³/mol. The standard InChI is InChI=1S/C21H25NO5S/c1-13-6-9-17(10-7-13)28-15(3)21(24)27-14(2)20(23)22-16-8-11-18(25-4)19(12-16)26-5/h6-12,14-15H,1-5H3,(H,22,23)/t14-,15-/m1/s1. The zero-order valence-electron chi connectivity index (χ0n) is 16.6. The van der Waals surface area contributed by atoms with E-state index in [0.717, 1.165) is 10.5 Å². The third kappa shape index (κ3) is 5.92. The van der Waals surface area contributed by atoms with Gasteiger partial charge in [0.2, 0.25) is 0 Å². The molecule has 0 heterocycles. The van der Waals surface area contributed by atoms with E-state index in [2.05, 4.69) is 5.32 Å². The highest BCUT2D eigenvalue weighted by Gasteiger charge is 2.23. The summed E-state index contributed by atoms with van der Waals surface area (Å²) in [6, 6.07) is 12.9. The van der Waals surface area contributed by atoms with Crippen LogP contribution in [0, 0.1) is 6.92 Å². The van der Waals surface area contributed by atoms with Crippen LogP contribution in [0.2, 0.25) is 0 Å². The van der Waals surface area contributed by atoms with Gasteiger partial charge in [0.1, 0.15) is 5.25 Å². The Bertz CT molecular complexity index is 822. The number of hydrogen-bond donors (Lipinski definition) is 1. The van der Waals surface area contributed by atoms with Crippen molar-refractivity contribution in [1.82, 2.24) is 0 Å². The van der Waals surface area contributed by atoms with Crippen molar-refractivity contribution in [3.05, 3.63) is 48.0 Å². The molecule has 0 aromatic heterocycles. The number of ether oxygens (including phenoxy) is 3. The lowest BCUT2D eigenvalue weighted by molar-refractivity contribution is -0.152. The van der Waals surface area contributed by atoms with Crippen LogP contribution in [0.1, 0.15) is 19.4 Å². The number of rotatable bonds is 8. The molecule has 0 aliphatic carbocycles. The van der Waals surface area contributed by atoms with E-state index in [-0.39, 0.29) is 0 Å². The van der Waals surface area contributed by atoms with E-state index >= 15 is 0 Å². The lowest BCUT2D eigenvalue weighted by atomic mass is 10.2. The second-order valence-corrected chi connectivity index (χ2v) is 7.63. The molecular weight excluding hydrogens is 378 g/mol. The lowest BCUT2D eigenvalue weighted by Crippen LogP contribution is -2.32. The van der Waals surface area contributed by atoms with Gasteiger partial charge in [-0.05, 0) is 45.0 Å². The van der Waals surface area contributed by atoms with Crippen molar-refractivity contribution in [2.45, 2.75) is 37.0 Å². The molecule has 1 N–H and O–H groups in total. The molecule has 7 heteroatoms. The first-order chi connectivity index (χ1) is 13.3. The molecule has 0 radical (unpaired) electrons. The molecule has 1 amide bonds. The molecule has 0 fully saturated rings. The van der Waals surface area contributed by atoms with Gasteiger partial charge in [-0.3, -0.25) is 9.59 Å². The van der Waals surface area contributed by atoms with E-state index in [0.29, 0.717) is 17.2 Å². The highest BCUT2D eigenvalue weighted by atomic mass is 32.2. The molecule has 0 aliphatic rings. The predicted octanol–water partition coefficient (Wildman–Crippen LogP) is 4.06. The Kier molecular flexibility index (Phi) is 7.75. The minimum Gasteiger partial charge on any atom is -0.493 e. The fraction of sp³-hybridized carbons (Fsp3) is 0.333. The quantitative estimate of drug-likeness (QED) is 0.529. The molecule has 0 aliphatic heterocycles. The van der Waals surface area contributed by atoms with Crippen LogP contribution in [0.15, 0.2) is 47.4 Å². The summed E-state index contributed by atoms with van der Waals surface area (Å²) in [6.07, 6.45) is -0.929. The summed E-state index contributed by atoms with van der Waals surface area (Å²) in [4.78, 5) is 25.6. The van der Waals surface area contributed by atoms with E-state index in [4.69, 9.17) is 14.2 Å². The van der Waals surface area contributed by atoms with Crippen LogP contribution in [-0.2, 0) is 14.3 Å². The molecule has 0 bridgehead atoms. The van der Waals surface area contributed by atoms with Crippen molar-refractivity contribution in [3.63, 3.8) is 0 Å². The van der Waals surface area contributed by atoms with E-state index in [1.54, 1.807) is 25.1 Å². The van der Waals surface area contributed by atoms with Crippen LogP contribution in [0.5, 0.6) is 11.5 Å². The number of thioether (sulfide) groups is 1. The number of carbonyl (C=O) groups excluding carboxylic acids is 2. The SMILES string of the molecule is COc1ccc(NC(=O)[C@@H](C)OC(=O)[C@@H](C)Sc2ccc(C)cc2)cc1OC. The van der Waals surface area contributed by atoms with Crippen LogP contribution in [0.25, 0.3) is 0 Å². The van der Waals surface area contributed by atoms with Crippen LogP contribution >= 0.6 is 11.8 Å². The summed E-state index contributed by atoms with van der Waals surface area (Å²) in [7, 11) is 3.05. The summed E-state index contributed by atoms with van der Waals surface area (Å²) >= 11 is 1.39. The lowest BCUT2D eigenvalue weighted by Gasteiger charge is -2.17. The first-order valence-corrected chi connectivity index (χ1v) is 9.68. The summed E-state index contributed by atoms with van der Waals surface area (Å²) in [5.41, 5.74) is 1.67. The number of benzene rings is 2. The van der Waals surface area contributed by atoms with Crippen molar-refractivity contribution in [1.29, 1.82) is 0 Å². The average Bonchev–Trinajstić information content (AvgIpc) is 2.69. The summed E-state index contributed by atoms with van der Waals surface area (Å²) in [6.45, 7) is 5.30. The van der Waals surface area contributed by atoms with Crippen molar-refractivity contribution in [2.75, 3.05) is 19.5 Å². The monoisotopic (exact) mass is 403 g/mol. The highest BCUT2D eigenvalue weighted by molar-refractivity contribution is 8.00. The number of amides is 1. The maximum atomic E-state index is 12.4. The number of anilines is 1. The van der Waals surface area contributed by atoms with Gasteiger partial charge in [0.05, 0.1) is 14.2 Å². The van der Waals surface area contributed by atoms with Gasteiger partial charge in [0.15, 0.2) is 17.6 Å². The fourth-order valence-electron chi connectivity index (χ4n) is 2.35. The Hall–Kier alpha value is -2.67. The summed E-state index contributed by atoms with van der Waals surface area (Å²) in [5, 5.41) is 2.28. The third-order valence-corrected chi connectivity index (χ3v) is 5.07. The first kappa shape index (κ1) is 21.6. The molecular formula is C21H25NO5S. The van der Waals surface area contributed by atoms with Gasteiger partial charge in [-0.2, -0.15) is 0 Å². The normalized spacial score (nSPS) is 12.6. The van der Waals surface area contributed by atoms with E-state index in [1.807, 2.05) is 31.2 Å². The second kappa shape index (κ2) is 10.0. The largest absolute Gasteiger partial charge is 0.493 e. The number of nitrogens with one attached hydrogen (secondary N) is 1. The number of aryl methyl sites for hydroxylation is 1. The van der Waals surface area contributed by atoms with Gasteiger partial charge in [-0.1, -0.05) is 17.7 Å². The number of hydrogen-bond acceptors (Lipinski definition) is 6. The molecule has 0 saturated carbocycles. The van der Waals surface area contributed by atoms with E-state index < -0.39 is 23.2 Å². The summed E-state index contributed by atoms with van der Waals surface area (Å²) in [5.74, 6) is 0.184. The Morgan fingerprint density at radius 2 is 1.61 bits per heavy atom. The van der Waals surface area contributed by atoms with Crippen molar-refractivity contribution in [3.8, 4) is 11.5 Å². The van der Waals surface area contributed by atoms with E-state index in [9.17, 15) is 9.59 Å². The van der Waals surface area contributed by atoms with Crippen molar-refractivity contribution >= 4 is 29.3 Å². The van der Waals surface area contributed by atoms with Crippen LogP contribution in [0.3, 0.4) is 0 Å². The number of esters is 1. The highest BCUT2D eigenvalue weighted by Crippen LogP contribution is 2.30. The summed E-state index contributed by atoms with van der Waals surface area (Å²) < 4.78 is 15.7. The molecule has 2 aromatic rings. The van der Waals surface area contributed by atoms with Crippen LogP contribution in [0.4, 0.5) is 5.69 Å². The van der Waals surface area contributed by atoms with Crippen molar-refractivity contribution in [2.24, 2.45) is 0 Å². The van der Waals surface area contributed by atoms with Gasteiger partial charge in [-0.25, -0.2) is 0 Å². The first-order valence-electron chi connectivity index (χ1n) is 8.80. The molecule has 2 rings (SSSR count). The van der Waals surface area contributed by atoms with Gasteiger partial charge < -0.3 is 19.5 Å². The second-order valence-electron chi connectivity index (χ2n) is 6.21. The fourth-order valence-corrected chi connectivity index (χ4v) is 3.20. The van der Waals surface area contributed by atoms with Gasteiger partial charge in [0, 0.05) is 16.6 Å². The molecule has 0 saturated heterocycles. The molecule has 28 heavy (non-hydrogen) atoms. The maximum Gasteiger partial charge on any atom is 0.319 e. The van der Waals surface area contributed by atoms with Crippen LogP contribution < -0.4 is 14.8 Å². The van der Waals surface area contributed by atoms with Crippen molar-refractivity contribution < 1.29 is 23.8 Å². The number of methoxy groups -OCH3 is 2. The smallest absolute Gasteiger partial charge is 0.319 e. The number of carbonyl (C=O) groups is 2. The Balaban J connectivity index is 1.92. The zero-order chi connectivity index (χ0) is 20.7. The Morgan fingerprint density at radius 1 is 0.964 bits per heavy atom. The third-order valence-electron chi connectivity index (χ3n) is 3.98. The molecule has 150 valence electrons. The van der Waals surface area contributed by atoms with E-state index in [1.165, 1.54) is 32.9 Å². The molecule has 6 nitrogen and oxygen atoms in total. The Morgan fingerprint density at radius 3 is 2.21 bits per heavy atom. The van der Waals surface area contributed by atoms with Gasteiger partial charge in [0.25, 0.3) is 5.91 Å². The maximum absolute atomic E-state index is 12.4. The molecule has 2 aromatic carbocycles. The van der Waals surface area contributed by atoms with Gasteiger partial charge >= 0.3 is 5.97 Å². The average molecular weight is 404 g/mol. The Labute approximate surface area is 169 Å². The minimum atomic E-state index is -0.929. The zero-order valence-corrected chi connectivity index (χ0v) is 17.5.